The summed E-state index contributed by atoms with van der Waals surface area (Å²) in [6.45, 7) is 7.05. The Morgan fingerprint density at radius 2 is 1.75 bits per heavy atom. The Hall–Kier alpha value is -0.870. The maximum atomic E-state index is 12.4. The van der Waals surface area contributed by atoms with Gasteiger partial charge in [-0.2, -0.15) is 0 Å². The molecule has 1 aromatic carbocycles. The Bertz CT molecular complexity index is 490. The van der Waals surface area contributed by atoms with Gasteiger partial charge < -0.3 is 5.32 Å². The zero-order valence-electron chi connectivity index (χ0n) is 10.5. The Kier molecular flexibility index (Phi) is 3.45. The van der Waals surface area contributed by atoms with Crippen LogP contribution in [0.15, 0.2) is 23.1 Å². The van der Waals surface area contributed by atoms with E-state index in [-0.39, 0.29) is 0 Å². The van der Waals surface area contributed by atoms with E-state index in [4.69, 9.17) is 0 Å². The first-order valence-electron chi connectivity index (χ1n) is 5.23. The zero-order chi connectivity index (χ0) is 12.6. The number of sulfone groups is 1. The predicted molar refractivity (Wildman–Crippen MR) is 66.2 cm³/mol. The van der Waals surface area contributed by atoms with Crippen molar-refractivity contribution in [3.05, 3.63) is 29.3 Å². The van der Waals surface area contributed by atoms with Crippen LogP contribution < -0.4 is 5.32 Å². The third kappa shape index (κ3) is 2.13. The van der Waals surface area contributed by atoms with Gasteiger partial charge in [0.25, 0.3) is 0 Å². The number of hydrogen-bond acceptors (Lipinski definition) is 3. The molecule has 0 aliphatic carbocycles. The van der Waals surface area contributed by atoms with Gasteiger partial charge in [0.2, 0.25) is 0 Å². The molecular weight excluding hydrogens is 222 g/mol. The van der Waals surface area contributed by atoms with Gasteiger partial charge in [0.05, 0.1) is 4.90 Å². The molecule has 16 heavy (non-hydrogen) atoms. The van der Waals surface area contributed by atoms with Gasteiger partial charge in [-0.3, -0.25) is 0 Å². The Labute approximate surface area is 97.8 Å². The molecule has 0 spiro atoms. The summed E-state index contributed by atoms with van der Waals surface area (Å²) in [7, 11) is -1.70. The van der Waals surface area contributed by atoms with Crippen molar-refractivity contribution in [1.82, 2.24) is 5.32 Å². The van der Waals surface area contributed by atoms with Gasteiger partial charge in [-0.25, -0.2) is 8.42 Å². The first-order chi connectivity index (χ1) is 7.22. The van der Waals surface area contributed by atoms with E-state index in [1.807, 2.05) is 26.0 Å². The summed E-state index contributed by atoms with van der Waals surface area (Å²) >= 11 is 0. The number of hydrogen-bond donors (Lipinski definition) is 1. The maximum Gasteiger partial charge on any atom is 0.196 e. The van der Waals surface area contributed by atoms with Crippen LogP contribution in [0, 0.1) is 13.8 Å². The van der Waals surface area contributed by atoms with Crippen molar-refractivity contribution in [2.45, 2.75) is 37.5 Å². The molecule has 0 amide bonds. The van der Waals surface area contributed by atoms with Crippen LogP contribution in [0.1, 0.15) is 25.0 Å². The molecule has 1 rings (SSSR count). The highest BCUT2D eigenvalue weighted by Crippen LogP contribution is 2.26. The van der Waals surface area contributed by atoms with Crippen LogP contribution in [-0.2, 0) is 9.84 Å². The van der Waals surface area contributed by atoms with E-state index in [1.54, 1.807) is 27.0 Å². The van der Waals surface area contributed by atoms with Gasteiger partial charge in [0, 0.05) is 0 Å². The molecule has 0 unspecified atom stereocenters. The third-order valence-corrected chi connectivity index (χ3v) is 5.47. The fourth-order valence-corrected chi connectivity index (χ4v) is 3.06. The van der Waals surface area contributed by atoms with Gasteiger partial charge >= 0.3 is 0 Å². The average Bonchev–Trinajstić information content (AvgIpc) is 2.21. The summed E-state index contributed by atoms with van der Waals surface area (Å²) in [6.07, 6.45) is 0. The van der Waals surface area contributed by atoms with Crippen molar-refractivity contribution in [1.29, 1.82) is 0 Å². The SMILES string of the molecule is CNC(C)(C)S(=O)(=O)c1cc(C)ccc1C. The molecule has 0 radical (unpaired) electrons. The fourth-order valence-electron chi connectivity index (χ4n) is 1.41. The Morgan fingerprint density at radius 1 is 1.19 bits per heavy atom. The van der Waals surface area contributed by atoms with E-state index in [1.165, 1.54) is 0 Å². The van der Waals surface area contributed by atoms with E-state index in [0.29, 0.717) is 4.90 Å². The first-order valence-corrected chi connectivity index (χ1v) is 6.71. The van der Waals surface area contributed by atoms with Crippen molar-refractivity contribution in [2.24, 2.45) is 0 Å². The molecule has 0 heterocycles. The maximum absolute atomic E-state index is 12.4. The fraction of sp³-hybridized carbons (Fsp3) is 0.500. The lowest BCUT2D eigenvalue weighted by Gasteiger charge is -2.25. The molecule has 0 atom stereocenters. The summed E-state index contributed by atoms with van der Waals surface area (Å²) in [5, 5.41) is 2.84. The van der Waals surface area contributed by atoms with Crippen LogP contribution in [0.25, 0.3) is 0 Å². The number of aryl methyl sites for hydroxylation is 2. The molecule has 1 N–H and O–H groups in total. The van der Waals surface area contributed by atoms with Gasteiger partial charge in [-0.05, 0) is 51.9 Å². The van der Waals surface area contributed by atoms with Gasteiger partial charge in [0.15, 0.2) is 9.84 Å². The summed E-state index contributed by atoms with van der Waals surface area (Å²) in [4.78, 5) is -0.544. The highest BCUT2D eigenvalue weighted by atomic mass is 32.2. The Balaban J connectivity index is 3.44. The van der Waals surface area contributed by atoms with E-state index >= 15 is 0 Å². The highest BCUT2D eigenvalue weighted by Gasteiger charge is 2.35. The molecule has 4 heteroatoms. The van der Waals surface area contributed by atoms with E-state index < -0.39 is 14.7 Å². The second kappa shape index (κ2) is 4.18. The van der Waals surface area contributed by atoms with Gasteiger partial charge in [-0.1, -0.05) is 12.1 Å². The minimum atomic E-state index is -3.35. The quantitative estimate of drug-likeness (QED) is 0.880. The van der Waals surface area contributed by atoms with Gasteiger partial charge in [0.1, 0.15) is 4.87 Å². The molecule has 90 valence electrons. The van der Waals surface area contributed by atoms with Crippen LogP contribution in [-0.4, -0.2) is 20.3 Å². The monoisotopic (exact) mass is 241 g/mol. The topological polar surface area (TPSA) is 46.2 Å². The standard InChI is InChI=1S/C12H19NO2S/c1-9-6-7-10(2)11(8-9)16(14,15)12(3,4)13-5/h6-8,13H,1-5H3. The summed E-state index contributed by atoms with van der Waals surface area (Å²) in [5.74, 6) is 0. The van der Waals surface area contributed by atoms with Crippen LogP contribution in [0.5, 0.6) is 0 Å². The second-order valence-electron chi connectivity index (χ2n) is 4.53. The smallest absolute Gasteiger partial charge is 0.196 e. The molecule has 0 aliphatic heterocycles. The molecular formula is C12H19NO2S. The first kappa shape index (κ1) is 13.2. The minimum absolute atomic E-state index is 0.409. The summed E-state index contributed by atoms with van der Waals surface area (Å²) in [5.41, 5.74) is 1.74. The van der Waals surface area contributed by atoms with Crippen molar-refractivity contribution in [3.63, 3.8) is 0 Å². The molecule has 0 saturated heterocycles. The Morgan fingerprint density at radius 3 is 2.25 bits per heavy atom. The highest BCUT2D eigenvalue weighted by molar-refractivity contribution is 7.92. The molecule has 0 bridgehead atoms. The second-order valence-corrected chi connectivity index (χ2v) is 7.00. The van der Waals surface area contributed by atoms with Crippen molar-refractivity contribution >= 4 is 9.84 Å². The normalized spacial score (nSPS) is 12.8. The van der Waals surface area contributed by atoms with Crippen molar-refractivity contribution < 1.29 is 8.42 Å². The summed E-state index contributed by atoms with van der Waals surface area (Å²) in [6, 6.07) is 5.48. The van der Waals surface area contributed by atoms with E-state index in [2.05, 4.69) is 5.32 Å². The lowest BCUT2D eigenvalue weighted by atomic mass is 10.2. The largest absolute Gasteiger partial charge is 0.302 e. The molecule has 0 saturated carbocycles. The van der Waals surface area contributed by atoms with E-state index in [9.17, 15) is 8.42 Å². The van der Waals surface area contributed by atoms with Crippen LogP contribution in [0.3, 0.4) is 0 Å². The molecule has 0 aromatic heterocycles. The molecule has 0 aliphatic rings. The van der Waals surface area contributed by atoms with Gasteiger partial charge in [-0.15, -0.1) is 0 Å². The molecule has 1 aromatic rings. The van der Waals surface area contributed by atoms with Crippen molar-refractivity contribution in [2.75, 3.05) is 7.05 Å². The van der Waals surface area contributed by atoms with Crippen LogP contribution in [0.4, 0.5) is 0 Å². The molecule has 0 fully saturated rings. The predicted octanol–water partition coefficient (Wildman–Crippen LogP) is 2.03. The lowest BCUT2D eigenvalue weighted by molar-refractivity contribution is 0.510. The van der Waals surface area contributed by atoms with Crippen molar-refractivity contribution in [3.8, 4) is 0 Å². The number of rotatable bonds is 3. The third-order valence-electron chi connectivity index (χ3n) is 2.91. The van der Waals surface area contributed by atoms with Crippen LogP contribution >= 0.6 is 0 Å². The van der Waals surface area contributed by atoms with E-state index in [0.717, 1.165) is 11.1 Å². The minimum Gasteiger partial charge on any atom is -0.302 e. The lowest BCUT2D eigenvalue weighted by Crippen LogP contribution is -2.44. The van der Waals surface area contributed by atoms with Crippen LogP contribution in [0.2, 0.25) is 0 Å². The number of nitrogens with one attached hydrogen (secondary N) is 1. The molecule has 3 nitrogen and oxygen atoms in total. The number of benzene rings is 1. The summed E-state index contributed by atoms with van der Waals surface area (Å²) < 4.78 is 24.8. The average molecular weight is 241 g/mol. The zero-order valence-corrected chi connectivity index (χ0v) is 11.3.